The molecular weight excluding hydrogens is 244 g/mol. The van der Waals surface area contributed by atoms with E-state index in [1.54, 1.807) is 0 Å². The molecule has 1 N–H and O–H groups in total. The molecular formula is C15H11ClN2. The summed E-state index contributed by atoms with van der Waals surface area (Å²) in [5.74, 6) is 0. The summed E-state index contributed by atoms with van der Waals surface area (Å²) in [6.45, 7) is 0.625. The van der Waals surface area contributed by atoms with Gasteiger partial charge in [-0.15, -0.1) is 0 Å². The number of nitrogens with zero attached hydrogens (tertiary/aromatic N) is 1. The fraction of sp³-hybridized carbons (Fsp3) is 0.0667. The Morgan fingerprint density at radius 3 is 2.72 bits per heavy atom. The van der Waals surface area contributed by atoms with E-state index < -0.39 is 0 Å². The summed E-state index contributed by atoms with van der Waals surface area (Å²) in [4.78, 5) is 1.83. The Bertz CT molecular complexity index is 629. The molecule has 0 fully saturated rings. The van der Waals surface area contributed by atoms with Gasteiger partial charge in [-0.25, -0.2) is 0 Å². The van der Waals surface area contributed by atoms with Gasteiger partial charge in [0.15, 0.2) is 0 Å². The molecule has 0 spiro atoms. The van der Waals surface area contributed by atoms with Crippen molar-refractivity contribution in [1.29, 1.82) is 0 Å². The van der Waals surface area contributed by atoms with Crippen molar-refractivity contribution < 1.29 is 0 Å². The van der Waals surface area contributed by atoms with Crippen LogP contribution in [0.3, 0.4) is 0 Å². The van der Waals surface area contributed by atoms with Gasteiger partial charge < -0.3 is 5.32 Å². The Hall–Kier alpha value is -2.11. The first kappa shape index (κ1) is 11.0. The zero-order valence-electron chi connectivity index (χ0n) is 9.65. The van der Waals surface area contributed by atoms with Crippen LogP contribution in [-0.2, 0) is 0 Å². The third kappa shape index (κ3) is 1.70. The van der Waals surface area contributed by atoms with Crippen molar-refractivity contribution in [1.82, 2.24) is 0 Å². The second kappa shape index (κ2) is 4.29. The minimum atomic E-state index is 0.625. The Morgan fingerprint density at radius 2 is 2.00 bits per heavy atom. The number of benzene rings is 2. The standard InChI is InChI=1S/C15H11ClN2/c1-2-18-10-17-14-9-13(16)12(8-15(14)18)11-6-4-3-5-7-11/h1,3-9,17H,10H2. The highest BCUT2D eigenvalue weighted by atomic mass is 35.5. The van der Waals surface area contributed by atoms with Gasteiger partial charge in [0.25, 0.3) is 0 Å². The average molecular weight is 255 g/mol. The molecule has 3 heteroatoms. The van der Waals surface area contributed by atoms with E-state index in [0.29, 0.717) is 6.67 Å². The summed E-state index contributed by atoms with van der Waals surface area (Å²) in [5, 5.41) is 3.95. The molecule has 88 valence electrons. The number of halogens is 1. The van der Waals surface area contributed by atoms with Crippen LogP contribution in [0.5, 0.6) is 0 Å². The molecule has 1 heterocycles. The Labute approximate surface area is 111 Å². The minimum absolute atomic E-state index is 0.625. The summed E-state index contributed by atoms with van der Waals surface area (Å²) in [5.41, 5.74) is 4.08. The summed E-state index contributed by atoms with van der Waals surface area (Å²) in [7, 11) is 0. The molecule has 2 nitrogen and oxygen atoms in total. The topological polar surface area (TPSA) is 15.3 Å². The molecule has 0 aromatic heterocycles. The number of hydrogen-bond donors (Lipinski definition) is 1. The van der Waals surface area contributed by atoms with E-state index in [0.717, 1.165) is 27.5 Å². The van der Waals surface area contributed by atoms with E-state index in [1.165, 1.54) is 0 Å². The molecule has 0 aliphatic carbocycles. The zero-order valence-corrected chi connectivity index (χ0v) is 10.4. The van der Waals surface area contributed by atoms with Crippen molar-refractivity contribution >= 4 is 23.0 Å². The lowest BCUT2D eigenvalue weighted by Crippen LogP contribution is -2.15. The molecule has 3 rings (SSSR count). The van der Waals surface area contributed by atoms with Crippen LogP contribution in [0.15, 0.2) is 42.5 Å². The van der Waals surface area contributed by atoms with E-state index in [1.807, 2.05) is 47.4 Å². The lowest BCUT2D eigenvalue weighted by atomic mass is 10.0. The van der Waals surface area contributed by atoms with E-state index in [2.05, 4.69) is 11.4 Å². The van der Waals surface area contributed by atoms with Crippen LogP contribution in [0.25, 0.3) is 11.1 Å². The van der Waals surface area contributed by atoms with Gasteiger partial charge in [-0.3, -0.25) is 4.90 Å². The zero-order chi connectivity index (χ0) is 12.5. The normalized spacial score (nSPS) is 12.8. The van der Waals surface area contributed by atoms with Crippen molar-refractivity contribution in [2.45, 2.75) is 0 Å². The van der Waals surface area contributed by atoms with Crippen LogP contribution < -0.4 is 10.2 Å². The van der Waals surface area contributed by atoms with Crippen LogP contribution in [0.2, 0.25) is 5.02 Å². The number of nitrogens with one attached hydrogen (secondary N) is 1. The molecule has 2 aromatic rings. The van der Waals surface area contributed by atoms with Crippen LogP contribution in [0.1, 0.15) is 0 Å². The third-order valence-corrected chi connectivity index (χ3v) is 3.36. The summed E-state index contributed by atoms with van der Waals surface area (Å²) in [6, 6.07) is 16.7. The van der Waals surface area contributed by atoms with Crippen LogP contribution in [-0.4, -0.2) is 6.67 Å². The Kier molecular flexibility index (Phi) is 2.62. The van der Waals surface area contributed by atoms with Gasteiger partial charge in [-0.2, -0.15) is 0 Å². The lowest BCUT2D eigenvalue weighted by molar-refractivity contribution is 1.13. The second-order valence-electron chi connectivity index (χ2n) is 4.11. The lowest BCUT2D eigenvalue weighted by Gasteiger charge is -2.11. The van der Waals surface area contributed by atoms with Crippen molar-refractivity contribution in [2.24, 2.45) is 0 Å². The molecule has 1 aliphatic heterocycles. The number of rotatable bonds is 1. The fourth-order valence-corrected chi connectivity index (χ4v) is 2.40. The van der Waals surface area contributed by atoms with Gasteiger partial charge in [0.2, 0.25) is 0 Å². The largest absolute Gasteiger partial charge is 0.365 e. The Morgan fingerprint density at radius 1 is 1.22 bits per heavy atom. The smallest absolute Gasteiger partial charge is 0.100 e. The maximum Gasteiger partial charge on any atom is 0.100 e. The molecule has 0 atom stereocenters. The molecule has 0 radical (unpaired) electrons. The van der Waals surface area contributed by atoms with Gasteiger partial charge in [0.1, 0.15) is 6.67 Å². The number of fused-ring (bicyclic) bond motifs is 1. The van der Waals surface area contributed by atoms with Crippen molar-refractivity contribution in [2.75, 3.05) is 16.9 Å². The van der Waals surface area contributed by atoms with Gasteiger partial charge in [-0.05, 0) is 17.7 Å². The highest BCUT2D eigenvalue weighted by Gasteiger charge is 2.19. The van der Waals surface area contributed by atoms with Crippen molar-refractivity contribution in [3.63, 3.8) is 0 Å². The van der Waals surface area contributed by atoms with Crippen LogP contribution in [0, 0.1) is 12.5 Å². The maximum atomic E-state index is 6.32. The van der Waals surface area contributed by atoms with Gasteiger partial charge in [0, 0.05) is 11.6 Å². The molecule has 0 bridgehead atoms. The molecule has 0 saturated heterocycles. The maximum absolute atomic E-state index is 6.32. The van der Waals surface area contributed by atoms with E-state index in [9.17, 15) is 0 Å². The highest BCUT2D eigenvalue weighted by Crippen LogP contribution is 2.39. The summed E-state index contributed by atoms with van der Waals surface area (Å²) >= 11 is 6.32. The molecule has 0 amide bonds. The molecule has 0 unspecified atom stereocenters. The molecule has 18 heavy (non-hydrogen) atoms. The highest BCUT2D eigenvalue weighted by molar-refractivity contribution is 6.34. The summed E-state index contributed by atoms with van der Waals surface area (Å²) < 4.78 is 0. The fourth-order valence-electron chi connectivity index (χ4n) is 2.13. The van der Waals surface area contributed by atoms with Crippen molar-refractivity contribution in [3.05, 3.63) is 47.5 Å². The molecule has 0 saturated carbocycles. The van der Waals surface area contributed by atoms with E-state index in [4.69, 9.17) is 18.0 Å². The molecule has 1 aliphatic rings. The van der Waals surface area contributed by atoms with Gasteiger partial charge in [-0.1, -0.05) is 48.4 Å². The SMILES string of the molecule is C#CN1CNc2cc(Cl)c(-c3ccccc3)cc21. The second-order valence-corrected chi connectivity index (χ2v) is 4.51. The van der Waals surface area contributed by atoms with Crippen LogP contribution >= 0.6 is 11.6 Å². The predicted molar refractivity (Wildman–Crippen MR) is 76.7 cm³/mol. The quantitative estimate of drug-likeness (QED) is 0.779. The van der Waals surface area contributed by atoms with Gasteiger partial charge in [0.05, 0.1) is 16.4 Å². The average Bonchev–Trinajstić information content (AvgIpc) is 2.80. The monoisotopic (exact) mass is 254 g/mol. The first-order valence-electron chi connectivity index (χ1n) is 5.66. The van der Waals surface area contributed by atoms with Gasteiger partial charge >= 0.3 is 0 Å². The Balaban J connectivity index is 2.16. The van der Waals surface area contributed by atoms with Crippen molar-refractivity contribution in [3.8, 4) is 23.6 Å². The number of anilines is 2. The number of hydrogen-bond acceptors (Lipinski definition) is 2. The van der Waals surface area contributed by atoms with E-state index >= 15 is 0 Å². The summed E-state index contributed by atoms with van der Waals surface area (Å²) in [6.07, 6.45) is 5.48. The van der Waals surface area contributed by atoms with E-state index in [-0.39, 0.29) is 0 Å². The molecule has 2 aromatic carbocycles. The minimum Gasteiger partial charge on any atom is -0.365 e. The first-order valence-corrected chi connectivity index (χ1v) is 6.04. The van der Waals surface area contributed by atoms with Crippen LogP contribution in [0.4, 0.5) is 11.4 Å². The third-order valence-electron chi connectivity index (χ3n) is 3.04. The number of terminal acetylenes is 1. The predicted octanol–water partition coefficient (Wildman–Crippen LogP) is 3.79. The first-order chi connectivity index (χ1) is 8.79.